The predicted molar refractivity (Wildman–Crippen MR) is 125 cm³/mol. The summed E-state index contributed by atoms with van der Waals surface area (Å²) in [6.07, 6.45) is 2.99. The molecule has 2 aromatic rings. The number of rotatable bonds is 10. The van der Waals surface area contributed by atoms with Gasteiger partial charge in [-0.05, 0) is 54.0 Å². The second kappa shape index (κ2) is 12.7. The van der Waals surface area contributed by atoms with E-state index in [1.54, 1.807) is 12.1 Å². The summed E-state index contributed by atoms with van der Waals surface area (Å²) in [5.41, 5.74) is 0.807. The molecule has 35 heavy (non-hydrogen) atoms. The van der Waals surface area contributed by atoms with Crippen molar-refractivity contribution in [2.75, 3.05) is 13.1 Å². The van der Waals surface area contributed by atoms with E-state index in [9.17, 15) is 29.7 Å². The lowest BCUT2D eigenvalue weighted by atomic mass is 10.1. The number of aromatic carboxylic acids is 2. The number of hydrogen-bond acceptors (Lipinski definition) is 6. The van der Waals surface area contributed by atoms with Crippen molar-refractivity contribution < 1.29 is 29.4 Å². The molecule has 10 nitrogen and oxygen atoms in total. The van der Waals surface area contributed by atoms with Crippen molar-refractivity contribution in [3.8, 4) is 12.1 Å². The number of nitrogens with one attached hydrogen (secondary N) is 2. The number of benzene rings is 2. The molecule has 176 valence electrons. The van der Waals surface area contributed by atoms with E-state index >= 15 is 0 Å². The van der Waals surface area contributed by atoms with Crippen LogP contribution in [-0.2, 0) is 9.59 Å². The minimum atomic E-state index is -1.09. The molecule has 0 saturated heterocycles. The van der Waals surface area contributed by atoms with Crippen LogP contribution in [0.4, 0.5) is 0 Å². The van der Waals surface area contributed by atoms with Gasteiger partial charge < -0.3 is 20.8 Å². The molecule has 2 rings (SSSR count). The van der Waals surface area contributed by atoms with Crippen LogP contribution in [0.5, 0.6) is 0 Å². The van der Waals surface area contributed by atoms with Gasteiger partial charge in [0.1, 0.15) is 23.3 Å². The van der Waals surface area contributed by atoms with Crippen molar-refractivity contribution in [3.63, 3.8) is 0 Å². The van der Waals surface area contributed by atoms with Crippen molar-refractivity contribution in [1.29, 1.82) is 10.5 Å². The van der Waals surface area contributed by atoms with Crippen LogP contribution in [0.1, 0.15) is 38.3 Å². The van der Waals surface area contributed by atoms with E-state index in [0.29, 0.717) is 17.5 Å². The van der Waals surface area contributed by atoms with Crippen molar-refractivity contribution in [3.05, 3.63) is 81.9 Å². The molecule has 0 radical (unpaired) electrons. The number of hydrogen-bond donors (Lipinski definition) is 4. The monoisotopic (exact) mass is 472 g/mol. The lowest BCUT2D eigenvalue weighted by Gasteiger charge is -2.06. The summed E-state index contributed by atoms with van der Waals surface area (Å²) >= 11 is 0. The summed E-state index contributed by atoms with van der Waals surface area (Å²) in [4.78, 5) is 46.2. The Balaban J connectivity index is 1.84. The lowest BCUT2D eigenvalue weighted by Crippen LogP contribution is -2.30. The largest absolute Gasteiger partial charge is 0.478 e. The molecule has 0 aliphatic carbocycles. The van der Waals surface area contributed by atoms with Gasteiger partial charge in [-0.25, -0.2) is 9.59 Å². The molecular weight excluding hydrogens is 452 g/mol. The summed E-state index contributed by atoms with van der Waals surface area (Å²) in [5, 5.41) is 41.4. The zero-order valence-corrected chi connectivity index (χ0v) is 18.3. The fourth-order valence-corrected chi connectivity index (χ4v) is 2.76. The number of carboxylic acid groups (broad SMARTS) is 2. The van der Waals surface area contributed by atoms with Crippen LogP contribution in [0.15, 0.2) is 59.7 Å². The molecule has 0 heterocycles. The SMILES string of the molecule is N#C/C(=C\c1ccc(C(=O)O)cc1)C(=O)NCCCNC(=O)/C(C#N)=C/c1ccc(C(=O)O)cc1. The zero-order valence-electron chi connectivity index (χ0n) is 18.3. The number of carbonyl (C=O) groups is 4. The number of carbonyl (C=O) groups excluding carboxylic acids is 2. The van der Waals surface area contributed by atoms with Crippen LogP contribution in [0.2, 0.25) is 0 Å². The molecule has 2 aromatic carbocycles. The smallest absolute Gasteiger partial charge is 0.335 e. The van der Waals surface area contributed by atoms with Crippen LogP contribution < -0.4 is 10.6 Å². The number of nitrogens with zero attached hydrogens (tertiary/aromatic N) is 2. The molecule has 0 atom stereocenters. The Bertz CT molecular complexity index is 1160. The van der Waals surface area contributed by atoms with Crippen LogP contribution in [-0.4, -0.2) is 47.1 Å². The predicted octanol–water partition coefficient (Wildman–Crippen LogP) is 2.22. The molecule has 0 bridgehead atoms. The number of carboxylic acids is 2. The van der Waals surface area contributed by atoms with Crippen molar-refractivity contribution in [2.45, 2.75) is 6.42 Å². The minimum absolute atomic E-state index is 0.0812. The summed E-state index contributed by atoms with van der Waals surface area (Å²) in [7, 11) is 0. The molecule has 0 saturated carbocycles. The molecule has 2 amide bonds. The molecule has 0 unspecified atom stereocenters. The van der Waals surface area contributed by atoms with Crippen LogP contribution in [0, 0.1) is 22.7 Å². The Morgan fingerprint density at radius 1 is 0.686 bits per heavy atom. The summed E-state index contributed by atoms with van der Waals surface area (Å²) in [5.74, 6) is -3.41. The van der Waals surface area contributed by atoms with Gasteiger partial charge in [0.25, 0.3) is 11.8 Å². The quantitative estimate of drug-likeness (QED) is 0.231. The van der Waals surface area contributed by atoms with E-state index < -0.39 is 23.8 Å². The van der Waals surface area contributed by atoms with E-state index in [1.165, 1.54) is 60.7 Å². The average molecular weight is 472 g/mol. The molecule has 4 N–H and O–H groups in total. The molecule has 0 aromatic heterocycles. The Hall–Kier alpha value is -5.22. The Morgan fingerprint density at radius 3 is 1.31 bits per heavy atom. The first-order chi connectivity index (χ1) is 16.7. The van der Waals surface area contributed by atoms with Gasteiger partial charge in [0.15, 0.2) is 0 Å². The molecule has 10 heteroatoms. The van der Waals surface area contributed by atoms with Gasteiger partial charge in [0, 0.05) is 13.1 Å². The first-order valence-corrected chi connectivity index (χ1v) is 10.2. The zero-order chi connectivity index (χ0) is 25.8. The van der Waals surface area contributed by atoms with E-state index in [2.05, 4.69) is 10.6 Å². The van der Waals surface area contributed by atoms with Crippen LogP contribution in [0.3, 0.4) is 0 Å². The van der Waals surface area contributed by atoms with Gasteiger partial charge in [0.05, 0.1) is 11.1 Å². The maximum atomic E-state index is 12.2. The molecule has 0 spiro atoms. The topological polar surface area (TPSA) is 180 Å². The highest BCUT2D eigenvalue weighted by Gasteiger charge is 2.11. The Labute approximate surface area is 200 Å². The number of amides is 2. The molecule has 0 aliphatic heterocycles. The lowest BCUT2D eigenvalue weighted by molar-refractivity contribution is -0.117. The first kappa shape index (κ1) is 26.0. The van der Waals surface area contributed by atoms with E-state index in [1.807, 2.05) is 0 Å². The van der Waals surface area contributed by atoms with Crippen LogP contribution in [0.25, 0.3) is 12.2 Å². The second-order valence-electron chi connectivity index (χ2n) is 7.06. The van der Waals surface area contributed by atoms with Gasteiger partial charge in [-0.2, -0.15) is 10.5 Å². The average Bonchev–Trinajstić information content (AvgIpc) is 2.85. The van der Waals surface area contributed by atoms with Crippen molar-refractivity contribution >= 4 is 35.9 Å². The van der Waals surface area contributed by atoms with Gasteiger partial charge in [-0.1, -0.05) is 24.3 Å². The minimum Gasteiger partial charge on any atom is -0.478 e. The number of nitriles is 2. The van der Waals surface area contributed by atoms with Crippen LogP contribution >= 0.6 is 0 Å². The fraction of sp³-hybridized carbons (Fsp3) is 0.120. The standard InChI is InChI=1S/C25H20N4O6/c26-14-20(12-16-2-6-18(7-3-16)24(32)33)22(30)28-10-1-11-29-23(31)21(15-27)13-17-4-8-19(9-5-17)25(34)35/h2-9,12-13H,1,10-11H2,(H,28,30)(H,29,31)(H,32,33)(H,34,35)/b20-12+,21-13+. The third-order valence-corrected chi connectivity index (χ3v) is 4.59. The van der Waals surface area contributed by atoms with Gasteiger partial charge >= 0.3 is 11.9 Å². The first-order valence-electron chi connectivity index (χ1n) is 10.2. The van der Waals surface area contributed by atoms with E-state index in [4.69, 9.17) is 10.2 Å². The summed E-state index contributed by atoms with van der Waals surface area (Å²) in [6, 6.07) is 14.9. The van der Waals surface area contributed by atoms with E-state index in [-0.39, 0.29) is 35.4 Å². The maximum Gasteiger partial charge on any atom is 0.335 e. The highest BCUT2D eigenvalue weighted by atomic mass is 16.4. The normalized spacial score (nSPS) is 11.0. The second-order valence-corrected chi connectivity index (χ2v) is 7.06. The summed E-state index contributed by atoms with van der Waals surface area (Å²) < 4.78 is 0. The third-order valence-electron chi connectivity index (χ3n) is 4.59. The van der Waals surface area contributed by atoms with E-state index in [0.717, 1.165) is 0 Å². The molecule has 0 aliphatic rings. The summed E-state index contributed by atoms with van der Waals surface area (Å²) in [6.45, 7) is 0.302. The maximum absolute atomic E-state index is 12.2. The van der Waals surface area contributed by atoms with Gasteiger partial charge in [-0.3, -0.25) is 9.59 Å². The highest BCUT2D eigenvalue weighted by Crippen LogP contribution is 2.10. The van der Waals surface area contributed by atoms with Gasteiger partial charge in [0.2, 0.25) is 0 Å². The highest BCUT2D eigenvalue weighted by molar-refractivity contribution is 6.02. The third kappa shape index (κ3) is 8.00. The van der Waals surface area contributed by atoms with Gasteiger partial charge in [-0.15, -0.1) is 0 Å². The fourth-order valence-electron chi connectivity index (χ4n) is 2.76. The Morgan fingerprint density at radius 2 is 1.03 bits per heavy atom. The van der Waals surface area contributed by atoms with Crippen molar-refractivity contribution in [1.82, 2.24) is 10.6 Å². The molecule has 0 fully saturated rings. The van der Waals surface area contributed by atoms with Crippen molar-refractivity contribution in [2.24, 2.45) is 0 Å². The Kier molecular flexibility index (Phi) is 9.46. The molecular formula is C25H20N4O6.